The van der Waals surface area contributed by atoms with E-state index in [2.05, 4.69) is 66.0 Å². The van der Waals surface area contributed by atoms with Crippen molar-refractivity contribution in [2.45, 2.75) is 26.2 Å². The molecule has 1 aromatic carbocycles. The summed E-state index contributed by atoms with van der Waals surface area (Å²) < 4.78 is 0. The van der Waals surface area contributed by atoms with Crippen LogP contribution in [0.3, 0.4) is 0 Å². The second-order valence-electron chi connectivity index (χ2n) is 6.79. The van der Waals surface area contributed by atoms with Crippen molar-refractivity contribution in [3.63, 3.8) is 0 Å². The molecule has 1 aromatic heterocycles. The highest BCUT2D eigenvalue weighted by atomic mass is 35.5. The number of hydrogen-bond acceptors (Lipinski definition) is 3. The first-order chi connectivity index (χ1) is 10.9. The molecule has 1 aliphatic rings. The second-order valence-corrected chi connectivity index (χ2v) is 7.20. The molecule has 0 saturated heterocycles. The Kier molecular flexibility index (Phi) is 4.31. The smallest absolute Gasteiger partial charge is 0.151 e. The van der Waals surface area contributed by atoms with Gasteiger partial charge < -0.3 is 9.80 Å². The fraction of sp³-hybridized carbons (Fsp3) is 0.316. The van der Waals surface area contributed by atoms with Gasteiger partial charge in [-0.3, -0.25) is 0 Å². The Morgan fingerprint density at radius 2 is 1.61 bits per heavy atom. The van der Waals surface area contributed by atoms with E-state index in [0.717, 1.165) is 18.9 Å². The summed E-state index contributed by atoms with van der Waals surface area (Å²) in [5.41, 5.74) is 2.74. The number of aromatic nitrogens is 1. The minimum Gasteiger partial charge on any atom is -0.345 e. The van der Waals surface area contributed by atoms with Gasteiger partial charge in [-0.2, -0.15) is 0 Å². The van der Waals surface area contributed by atoms with Gasteiger partial charge in [-0.1, -0.05) is 44.5 Å². The van der Waals surface area contributed by atoms with E-state index in [-0.39, 0.29) is 5.41 Å². The maximum atomic E-state index is 6.22. The summed E-state index contributed by atoms with van der Waals surface area (Å²) in [6.45, 7) is 8.46. The Hall–Kier alpha value is -2.00. The lowest BCUT2D eigenvalue weighted by Gasteiger charge is -2.31. The number of rotatable bonds is 2. The number of benzene rings is 1. The van der Waals surface area contributed by atoms with Crippen LogP contribution in [-0.4, -0.2) is 18.1 Å². The number of halogens is 1. The first-order valence-corrected chi connectivity index (χ1v) is 8.25. The van der Waals surface area contributed by atoms with Crippen LogP contribution >= 0.6 is 11.6 Å². The van der Waals surface area contributed by atoms with Crippen molar-refractivity contribution in [1.29, 1.82) is 0 Å². The quantitative estimate of drug-likeness (QED) is 0.787. The van der Waals surface area contributed by atoms with Gasteiger partial charge in [0.25, 0.3) is 0 Å². The first kappa shape index (κ1) is 15.9. The maximum Gasteiger partial charge on any atom is 0.151 e. The molecule has 2 heterocycles. The Morgan fingerprint density at radius 3 is 2.17 bits per heavy atom. The van der Waals surface area contributed by atoms with E-state index in [4.69, 9.17) is 11.6 Å². The van der Waals surface area contributed by atoms with Gasteiger partial charge in [0.2, 0.25) is 0 Å². The summed E-state index contributed by atoms with van der Waals surface area (Å²) >= 11 is 6.22. The van der Waals surface area contributed by atoms with Crippen molar-refractivity contribution in [2.24, 2.45) is 0 Å². The van der Waals surface area contributed by atoms with Crippen LogP contribution in [0.5, 0.6) is 0 Å². The summed E-state index contributed by atoms with van der Waals surface area (Å²) in [6.07, 6.45) is 5.89. The van der Waals surface area contributed by atoms with E-state index in [9.17, 15) is 0 Å². The van der Waals surface area contributed by atoms with E-state index < -0.39 is 0 Å². The molecule has 120 valence electrons. The van der Waals surface area contributed by atoms with Crippen molar-refractivity contribution >= 4 is 23.1 Å². The first-order valence-electron chi connectivity index (χ1n) is 7.88. The molecular formula is C19H22ClN3. The van der Waals surface area contributed by atoms with Crippen LogP contribution in [0.15, 0.2) is 55.0 Å². The van der Waals surface area contributed by atoms with Crippen LogP contribution in [0.4, 0.5) is 11.5 Å². The summed E-state index contributed by atoms with van der Waals surface area (Å²) in [7, 11) is 0. The largest absolute Gasteiger partial charge is 0.345 e. The molecule has 0 radical (unpaired) electrons. The Labute approximate surface area is 143 Å². The van der Waals surface area contributed by atoms with E-state index in [0.29, 0.717) is 5.02 Å². The van der Waals surface area contributed by atoms with E-state index in [1.165, 1.54) is 11.3 Å². The second kappa shape index (κ2) is 6.25. The van der Waals surface area contributed by atoms with Crippen LogP contribution in [0, 0.1) is 0 Å². The van der Waals surface area contributed by atoms with Crippen LogP contribution in [0.25, 0.3) is 0 Å². The monoisotopic (exact) mass is 327 g/mol. The highest BCUT2D eigenvalue weighted by molar-refractivity contribution is 6.32. The van der Waals surface area contributed by atoms with E-state index in [1.807, 2.05) is 18.3 Å². The lowest BCUT2D eigenvalue weighted by Crippen LogP contribution is -2.35. The summed E-state index contributed by atoms with van der Waals surface area (Å²) in [4.78, 5) is 8.70. The lowest BCUT2D eigenvalue weighted by molar-refractivity contribution is 0.590. The Balaban J connectivity index is 1.75. The third kappa shape index (κ3) is 3.50. The van der Waals surface area contributed by atoms with Crippen LogP contribution < -0.4 is 9.80 Å². The van der Waals surface area contributed by atoms with Gasteiger partial charge in [0, 0.05) is 37.4 Å². The fourth-order valence-electron chi connectivity index (χ4n) is 2.66. The average molecular weight is 328 g/mol. The zero-order valence-corrected chi connectivity index (χ0v) is 14.6. The van der Waals surface area contributed by atoms with Gasteiger partial charge in [-0.15, -0.1) is 0 Å². The van der Waals surface area contributed by atoms with E-state index >= 15 is 0 Å². The minimum atomic E-state index is 0.183. The van der Waals surface area contributed by atoms with Crippen molar-refractivity contribution in [1.82, 2.24) is 4.98 Å². The van der Waals surface area contributed by atoms with Crippen LogP contribution in [0.2, 0.25) is 5.02 Å². The van der Waals surface area contributed by atoms with Gasteiger partial charge in [0.05, 0.1) is 5.02 Å². The molecule has 0 fully saturated rings. The van der Waals surface area contributed by atoms with Crippen molar-refractivity contribution in [3.8, 4) is 0 Å². The normalized spacial score (nSPS) is 15.1. The molecule has 0 saturated carbocycles. The highest BCUT2D eigenvalue weighted by Gasteiger charge is 2.17. The molecule has 23 heavy (non-hydrogen) atoms. The third-order valence-electron chi connectivity index (χ3n) is 4.08. The highest BCUT2D eigenvalue weighted by Crippen LogP contribution is 2.27. The zero-order valence-electron chi connectivity index (χ0n) is 13.8. The molecular weight excluding hydrogens is 306 g/mol. The molecule has 4 heteroatoms. The van der Waals surface area contributed by atoms with Gasteiger partial charge in [0.1, 0.15) is 0 Å². The predicted molar refractivity (Wildman–Crippen MR) is 98.2 cm³/mol. The van der Waals surface area contributed by atoms with Crippen LogP contribution in [-0.2, 0) is 5.41 Å². The molecule has 1 aliphatic heterocycles. The van der Waals surface area contributed by atoms with Crippen LogP contribution in [0.1, 0.15) is 26.3 Å². The number of pyridine rings is 1. The standard InChI is InChI=1S/C19H22ClN3/c1-19(2,3)15-6-8-16(9-7-15)22-11-13-23(14-12-22)18-17(20)5-4-10-21-18/h4-11,13H,12,14H2,1-3H3. The molecule has 0 amide bonds. The van der Waals surface area contributed by atoms with Gasteiger partial charge in [0.15, 0.2) is 5.82 Å². The van der Waals surface area contributed by atoms with E-state index in [1.54, 1.807) is 6.20 Å². The molecule has 0 N–H and O–H groups in total. The Bertz CT molecular complexity index is 701. The van der Waals surface area contributed by atoms with Crippen molar-refractivity contribution < 1.29 is 0 Å². The SMILES string of the molecule is CC(C)(C)c1ccc(N2C=CN(c3ncccc3Cl)CC2)cc1. The molecule has 0 bridgehead atoms. The predicted octanol–water partition coefficient (Wildman–Crippen LogP) is 4.83. The molecule has 0 unspecified atom stereocenters. The lowest BCUT2D eigenvalue weighted by atomic mass is 9.87. The maximum absolute atomic E-state index is 6.22. The summed E-state index contributed by atoms with van der Waals surface area (Å²) in [6, 6.07) is 12.5. The third-order valence-corrected chi connectivity index (χ3v) is 4.38. The Morgan fingerprint density at radius 1 is 0.957 bits per heavy atom. The molecule has 2 aromatic rings. The number of anilines is 2. The molecule has 3 rings (SSSR count). The van der Waals surface area contributed by atoms with Crippen molar-refractivity contribution in [3.05, 3.63) is 65.6 Å². The molecule has 0 atom stereocenters. The minimum absolute atomic E-state index is 0.183. The average Bonchev–Trinajstić information content (AvgIpc) is 2.55. The number of hydrogen-bond donors (Lipinski definition) is 0. The van der Waals surface area contributed by atoms with Gasteiger partial charge in [-0.05, 0) is 35.2 Å². The van der Waals surface area contributed by atoms with Crippen molar-refractivity contribution in [2.75, 3.05) is 22.9 Å². The number of nitrogens with zero attached hydrogens (tertiary/aromatic N) is 3. The van der Waals surface area contributed by atoms with Gasteiger partial charge in [-0.25, -0.2) is 4.98 Å². The summed E-state index contributed by atoms with van der Waals surface area (Å²) in [5, 5.41) is 0.681. The molecule has 0 spiro atoms. The van der Waals surface area contributed by atoms with Gasteiger partial charge >= 0.3 is 0 Å². The molecule has 0 aliphatic carbocycles. The zero-order chi connectivity index (χ0) is 16.4. The fourth-order valence-corrected chi connectivity index (χ4v) is 2.89. The topological polar surface area (TPSA) is 19.4 Å². The molecule has 3 nitrogen and oxygen atoms in total. The summed E-state index contributed by atoms with van der Waals surface area (Å²) in [5.74, 6) is 0.813.